The topological polar surface area (TPSA) is 50.1 Å². The van der Waals surface area contributed by atoms with Crippen molar-refractivity contribution in [1.29, 1.82) is 0 Å². The quantitative estimate of drug-likeness (QED) is 0.864. The Hall–Kier alpha value is -1.95. The predicted molar refractivity (Wildman–Crippen MR) is 93.6 cm³/mol. The molecule has 0 aromatic carbocycles. The molecule has 0 N–H and O–H groups in total. The highest BCUT2D eigenvalue weighted by Gasteiger charge is 2.37. The van der Waals surface area contributed by atoms with Gasteiger partial charge < -0.3 is 4.90 Å². The first-order valence-electron chi connectivity index (χ1n) is 8.94. The standard InChI is InChI=1S/C18H26N6/c1-22-14-16(13-21-22)15-23-9-3-18(4-10-23)5-11-24(12-6-18)17-19-7-2-8-20-17/h2,7-8,13-14H,3-6,9-12,15H2,1H3. The van der Waals surface area contributed by atoms with Crippen LogP contribution in [0.1, 0.15) is 31.2 Å². The molecular weight excluding hydrogens is 300 g/mol. The number of hydrogen-bond acceptors (Lipinski definition) is 5. The summed E-state index contributed by atoms with van der Waals surface area (Å²) >= 11 is 0. The van der Waals surface area contributed by atoms with Crippen LogP contribution in [0, 0.1) is 5.41 Å². The third-order valence-electron chi connectivity index (χ3n) is 5.74. The molecule has 1 spiro atoms. The van der Waals surface area contributed by atoms with Crippen molar-refractivity contribution in [3.63, 3.8) is 0 Å². The van der Waals surface area contributed by atoms with E-state index in [1.54, 1.807) is 0 Å². The number of aromatic nitrogens is 4. The van der Waals surface area contributed by atoms with Crippen molar-refractivity contribution in [2.45, 2.75) is 32.2 Å². The summed E-state index contributed by atoms with van der Waals surface area (Å²) in [6.07, 6.45) is 13.0. The van der Waals surface area contributed by atoms with E-state index in [1.165, 1.54) is 44.3 Å². The molecule has 2 aromatic heterocycles. The van der Waals surface area contributed by atoms with E-state index in [9.17, 15) is 0 Å². The lowest BCUT2D eigenvalue weighted by molar-refractivity contribution is 0.0755. The van der Waals surface area contributed by atoms with Crippen LogP contribution in [0.3, 0.4) is 0 Å². The third kappa shape index (κ3) is 3.29. The van der Waals surface area contributed by atoms with Crippen molar-refractivity contribution < 1.29 is 0 Å². The van der Waals surface area contributed by atoms with Crippen LogP contribution >= 0.6 is 0 Å². The second-order valence-corrected chi connectivity index (χ2v) is 7.33. The monoisotopic (exact) mass is 326 g/mol. The van der Waals surface area contributed by atoms with Crippen molar-refractivity contribution in [2.24, 2.45) is 12.5 Å². The van der Waals surface area contributed by atoms with Gasteiger partial charge in [-0.15, -0.1) is 0 Å². The summed E-state index contributed by atoms with van der Waals surface area (Å²) in [5.74, 6) is 0.890. The summed E-state index contributed by atoms with van der Waals surface area (Å²) in [4.78, 5) is 13.7. The molecule has 0 saturated carbocycles. The highest BCUT2D eigenvalue weighted by Crippen LogP contribution is 2.41. The van der Waals surface area contributed by atoms with Gasteiger partial charge >= 0.3 is 0 Å². The van der Waals surface area contributed by atoms with Gasteiger partial charge in [0, 0.05) is 50.8 Å². The molecule has 4 rings (SSSR count). The average Bonchev–Trinajstić information content (AvgIpc) is 3.04. The van der Waals surface area contributed by atoms with Crippen LogP contribution in [0.4, 0.5) is 5.95 Å². The van der Waals surface area contributed by atoms with Gasteiger partial charge in [-0.1, -0.05) is 0 Å². The van der Waals surface area contributed by atoms with Gasteiger partial charge in [-0.05, 0) is 50.3 Å². The van der Waals surface area contributed by atoms with E-state index in [2.05, 4.69) is 31.1 Å². The second kappa shape index (κ2) is 6.51. The smallest absolute Gasteiger partial charge is 0.225 e. The highest BCUT2D eigenvalue weighted by molar-refractivity contribution is 5.29. The normalized spacial score (nSPS) is 21.3. The fourth-order valence-corrected chi connectivity index (χ4v) is 4.13. The number of rotatable bonds is 3. The van der Waals surface area contributed by atoms with Crippen LogP contribution in [-0.2, 0) is 13.6 Å². The zero-order valence-electron chi connectivity index (χ0n) is 14.4. The van der Waals surface area contributed by atoms with E-state index in [4.69, 9.17) is 0 Å². The second-order valence-electron chi connectivity index (χ2n) is 7.33. The summed E-state index contributed by atoms with van der Waals surface area (Å²) in [5.41, 5.74) is 1.86. The number of hydrogen-bond donors (Lipinski definition) is 0. The van der Waals surface area contributed by atoms with Gasteiger partial charge in [-0.2, -0.15) is 5.10 Å². The van der Waals surface area contributed by atoms with E-state index >= 15 is 0 Å². The molecule has 2 aliphatic heterocycles. The Labute approximate surface area is 143 Å². The lowest BCUT2D eigenvalue weighted by Gasteiger charge is -2.46. The van der Waals surface area contributed by atoms with E-state index in [-0.39, 0.29) is 0 Å². The Morgan fingerprint density at radius 2 is 1.67 bits per heavy atom. The molecule has 0 bridgehead atoms. The molecule has 0 aliphatic carbocycles. The van der Waals surface area contributed by atoms with Gasteiger partial charge in [0.15, 0.2) is 0 Å². The number of likely N-dealkylation sites (tertiary alicyclic amines) is 1. The number of nitrogens with zero attached hydrogens (tertiary/aromatic N) is 6. The molecule has 4 heterocycles. The number of piperidine rings is 2. The molecule has 2 saturated heterocycles. The molecule has 2 fully saturated rings. The fraction of sp³-hybridized carbons (Fsp3) is 0.611. The van der Waals surface area contributed by atoms with Crippen LogP contribution in [0.25, 0.3) is 0 Å². The molecule has 0 atom stereocenters. The summed E-state index contributed by atoms with van der Waals surface area (Å²) in [6.45, 7) is 5.63. The minimum atomic E-state index is 0.538. The Bertz CT molecular complexity index is 649. The number of aryl methyl sites for hydroxylation is 1. The van der Waals surface area contributed by atoms with E-state index in [0.717, 1.165) is 25.6 Å². The first-order valence-corrected chi connectivity index (χ1v) is 8.94. The summed E-state index contributed by atoms with van der Waals surface area (Å²) in [6, 6.07) is 1.88. The van der Waals surface area contributed by atoms with Crippen molar-refractivity contribution in [3.8, 4) is 0 Å². The molecular formula is C18H26N6. The maximum Gasteiger partial charge on any atom is 0.225 e. The molecule has 6 nitrogen and oxygen atoms in total. The number of anilines is 1. The highest BCUT2D eigenvalue weighted by atomic mass is 15.3. The predicted octanol–water partition coefficient (Wildman–Crippen LogP) is 2.09. The van der Waals surface area contributed by atoms with Gasteiger partial charge in [0.2, 0.25) is 5.95 Å². The molecule has 0 radical (unpaired) electrons. The molecule has 0 amide bonds. The van der Waals surface area contributed by atoms with E-state index in [0.29, 0.717) is 5.41 Å². The Morgan fingerprint density at radius 3 is 2.29 bits per heavy atom. The average molecular weight is 326 g/mol. The maximum atomic E-state index is 4.40. The molecule has 0 unspecified atom stereocenters. The van der Waals surface area contributed by atoms with Crippen LogP contribution < -0.4 is 4.90 Å². The van der Waals surface area contributed by atoms with Gasteiger partial charge in [-0.3, -0.25) is 9.58 Å². The van der Waals surface area contributed by atoms with Crippen LogP contribution in [0.2, 0.25) is 0 Å². The van der Waals surface area contributed by atoms with Crippen molar-refractivity contribution >= 4 is 5.95 Å². The Kier molecular flexibility index (Phi) is 4.22. The summed E-state index contributed by atoms with van der Waals surface area (Å²) in [7, 11) is 1.99. The van der Waals surface area contributed by atoms with Crippen molar-refractivity contribution in [2.75, 3.05) is 31.1 Å². The minimum absolute atomic E-state index is 0.538. The third-order valence-corrected chi connectivity index (χ3v) is 5.74. The molecule has 128 valence electrons. The first kappa shape index (κ1) is 15.6. The lowest BCUT2D eigenvalue weighted by atomic mass is 9.71. The Balaban J connectivity index is 1.30. The van der Waals surface area contributed by atoms with Crippen LogP contribution in [0.5, 0.6) is 0 Å². The molecule has 2 aromatic rings. The zero-order chi connectivity index (χ0) is 16.4. The van der Waals surface area contributed by atoms with Gasteiger partial charge in [-0.25, -0.2) is 9.97 Å². The van der Waals surface area contributed by atoms with Gasteiger partial charge in [0.1, 0.15) is 0 Å². The van der Waals surface area contributed by atoms with Crippen molar-refractivity contribution in [1.82, 2.24) is 24.6 Å². The van der Waals surface area contributed by atoms with Crippen LogP contribution in [-0.4, -0.2) is 50.8 Å². The molecule has 2 aliphatic rings. The maximum absolute atomic E-state index is 4.40. The summed E-state index contributed by atoms with van der Waals surface area (Å²) in [5, 5.41) is 4.28. The minimum Gasteiger partial charge on any atom is -0.341 e. The first-order chi connectivity index (χ1) is 11.7. The lowest BCUT2D eigenvalue weighted by Crippen LogP contribution is -2.47. The van der Waals surface area contributed by atoms with E-state index in [1.807, 2.05) is 36.4 Å². The van der Waals surface area contributed by atoms with Gasteiger partial charge in [0.05, 0.1) is 6.20 Å². The summed E-state index contributed by atoms with van der Waals surface area (Å²) < 4.78 is 1.89. The van der Waals surface area contributed by atoms with Crippen LogP contribution in [0.15, 0.2) is 30.9 Å². The van der Waals surface area contributed by atoms with Crippen molar-refractivity contribution in [3.05, 3.63) is 36.4 Å². The van der Waals surface area contributed by atoms with Gasteiger partial charge in [0.25, 0.3) is 0 Å². The molecule has 24 heavy (non-hydrogen) atoms. The van der Waals surface area contributed by atoms with E-state index < -0.39 is 0 Å². The molecule has 6 heteroatoms. The largest absolute Gasteiger partial charge is 0.341 e. The SMILES string of the molecule is Cn1cc(CN2CCC3(CC2)CCN(c2ncccn2)CC3)cn1. The fourth-order valence-electron chi connectivity index (χ4n) is 4.13. The Morgan fingerprint density at radius 1 is 1.00 bits per heavy atom. The zero-order valence-corrected chi connectivity index (χ0v) is 14.4.